The van der Waals surface area contributed by atoms with Crippen LogP contribution in [0.1, 0.15) is 188 Å². The molecule has 8 bridgehead atoms. The van der Waals surface area contributed by atoms with E-state index >= 15 is 4.79 Å². The van der Waals surface area contributed by atoms with Gasteiger partial charge in [-0.15, -0.1) is 0 Å². The second kappa shape index (κ2) is 28.5. The zero-order valence-corrected chi connectivity index (χ0v) is 65.9. The fourth-order valence-electron chi connectivity index (χ4n) is 12.4. The van der Waals surface area contributed by atoms with E-state index in [0.29, 0.717) is 45.1 Å². The monoisotopic (exact) mass is 1320 g/mol. The average molecular weight is 1320 g/mol. The molecule has 8 aliphatic rings. The maximum absolute atomic E-state index is 15.4. The SMILES string of the molecule is C=C1CC2CCC(=O)/C=C/[C@H](O[Si](C)(C)C(C)(C)C)[C@@H]3O[C@H]4CCC(CC(=O)C[C@@H]5[C@@H](OC)[C@@H](C[C@H](CO[Si](C)(C)C(C)(C)C)O[Si](C)(C)C(C)(C)C)O[C@H]5CC5O[C@@H](CCC1O2)C[C@@H](C)C5=C)O[C@@H]4[C@@H](O[Si](C)(C)C(C)(C)C)[C@@H]3O[Si](C)(C)C(C)(C)C. The molecule has 17 atom stereocenters. The third-order valence-corrected chi connectivity index (χ3v) is 46.0. The molecular formula is C70H130O13Si5. The second-order valence-corrected chi connectivity index (χ2v) is 59.4. The highest BCUT2D eigenvalue weighted by molar-refractivity contribution is 6.76. The summed E-state index contributed by atoms with van der Waals surface area (Å²) in [5, 5.41) is -0.482. The van der Waals surface area contributed by atoms with Gasteiger partial charge in [-0.05, 0) is 159 Å². The average Bonchev–Trinajstić information content (AvgIpc) is 0.954. The van der Waals surface area contributed by atoms with Gasteiger partial charge in [0.05, 0.1) is 73.8 Å². The van der Waals surface area contributed by atoms with Gasteiger partial charge in [-0.2, -0.15) is 0 Å². The number of fused-ring (bicyclic) bond motifs is 2. The number of methoxy groups -OCH3 is 1. The molecule has 88 heavy (non-hydrogen) atoms. The molecule has 508 valence electrons. The van der Waals surface area contributed by atoms with Gasteiger partial charge in [0.1, 0.15) is 30.2 Å². The van der Waals surface area contributed by atoms with Gasteiger partial charge in [0, 0.05) is 45.1 Å². The van der Waals surface area contributed by atoms with Crippen LogP contribution in [0.15, 0.2) is 36.5 Å². The summed E-state index contributed by atoms with van der Waals surface area (Å²) in [4.78, 5) is 29.7. The number of ether oxygens (including phenoxy) is 6. The molecule has 0 saturated carbocycles. The summed E-state index contributed by atoms with van der Waals surface area (Å²) in [5.41, 5.74) is 2.13. The second-order valence-electron chi connectivity index (χ2n) is 35.5. The van der Waals surface area contributed by atoms with Crippen LogP contribution < -0.4 is 0 Å². The first kappa shape index (κ1) is 76.2. The minimum Gasteiger partial charge on any atom is -0.414 e. The van der Waals surface area contributed by atoms with Gasteiger partial charge < -0.3 is 50.6 Å². The molecule has 8 rings (SSSR count). The molecule has 8 aliphatic heterocycles. The van der Waals surface area contributed by atoms with Crippen LogP contribution in [0.2, 0.25) is 90.7 Å². The third-order valence-electron chi connectivity index (χ3n) is 23.5. The molecule has 18 heteroatoms. The molecule has 0 spiro atoms. The van der Waals surface area contributed by atoms with Gasteiger partial charge in [0.25, 0.3) is 0 Å². The fraction of sp³-hybridized carbons (Fsp3) is 0.886. The first-order valence-electron chi connectivity index (χ1n) is 34.2. The van der Waals surface area contributed by atoms with Crippen molar-refractivity contribution in [1.29, 1.82) is 0 Å². The number of ketones is 2. The Morgan fingerprint density at radius 2 is 1.07 bits per heavy atom. The summed E-state index contributed by atoms with van der Waals surface area (Å²) in [6.45, 7) is 68.9. The summed E-state index contributed by atoms with van der Waals surface area (Å²) in [5.74, 6) is 0.0629. The number of hydrogen-bond acceptors (Lipinski definition) is 13. The number of rotatable bonds is 14. The summed E-state index contributed by atoms with van der Waals surface area (Å²) >= 11 is 0. The first-order chi connectivity index (χ1) is 40.0. The van der Waals surface area contributed by atoms with Gasteiger partial charge >= 0.3 is 0 Å². The van der Waals surface area contributed by atoms with Crippen LogP contribution in [-0.2, 0) is 60.1 Å². The summed E-state index contributed by atoms with van der Waals surface area (Å²) < 4.78 is 80.3. The van der Waals surface area contributed by atoms with Gasteiger partial charge in [-0.3, -0.25) is 9.59 Å². The minimum absolute atomic E-state index is 0.0171. The predicted molar refractivity (Wildman–Crippen MR) is 371 cm³/mol. The third kappa shape index (κ3) is 18.6. The van der Waals surface area contributed by atoms with E-state index in [0.717, 1.165) is 36.8 Å². The van der Waals surface area contributed by atoms with Gasteiger partial charge in [-0.1, -0.05) is 130 Å². The minimum atomic E-state index is -2.60. The molecule has 5 saturated heterocycles. The summed E-state index contributed by atoms with van der Waals surface area (Å²) in [6.07, 6.45) is 4.93. The quantitative estimate of drug-likeness (QED) is 0.121. The Morgan fingerprint density at radius 3 is 1.62 bits per heavy atom. The highest BCUT2D eigenvalue weighted by Crippen LogP contribution is 2.50. The highest BCUT2D eigenvalue weighted by Gasteiger charge is 2.59. The fourth-order valence-corrected chi connectivity index (χ4v) is 18.7. The van der Waals surface area contributed by atoms with E-state index in [9.17, 15) is 4.79 Å². The Bertz CT molecular complexity index is 2410. The molecule has 5 fully saturated rings. The van der Waals surface area contributed by atoms with E-state index in [-0.39, 0.29) is 110 Å². The van der Waals surface area contributed by atoms with Crippen molar-refractivity contribution >= 4 is 53.2 Å². The standard InChI is InChI=1S/C70H130O13Si5/c1-45-38-51-33-36-55-46(2)39-50(75-55)32-30-48(71)31-35-57(81-86(24,25)68(10,11)12)63-65(83-88(28,29)70(16,17)18)64(82-87(26,27)69(13,14)15)62-56(79-63)37-34-52(77-62)40-49(72)41-54-59(43-58(76-51)47(45)3)78-60(61(54)73-19)42-53(80-85(22,23)67(7,8)9)44-74-84(20,21)66(4,5)6/h31,35,45,50-65H,2-3,30,32-34,36-44H2,1,4-29H3/b35-31+/t45-,50?,51+,52?,53-,54+,55?,56+,57+,58?,59+,60-,61-,62+,63+,64-,65-/m1/s1. The van der Waals surface area contributed by atoms with Crippen LogP contribution in [0.4, 0.5) is 0 Å². The summed E-state index contributed by atoms with van der Waals surface area (Å²) in [6, 6.07) is 0. The Hall–Kier alpha value is -0.796. The van der Waals surface area contributed by atoms with Crippen LogP contribution >= 0.6 is 0 Å². The molecule has 0 radical (unpaired) electrons. The van der Waals surface area contributed by atoms with Crippen LogP contribution in [0.3, 0.4) is 0 Å². The lowest BCUT2D eigenvalue weighted by Gasteiger charge is -2.56. The molecule has 4 unspecified atom stereocenters. The topological polar surface area (TPSA) is 136 Å². The number of hydrogen-bond donors (Lipinski definition) is 0. The largest absolute Gasteiger partial charge is 0.414 e. The lowest BCUT2D eigenvalue weighted by molar-refractivity contribution is -0.266. The summed E-state index contributed by atoms with van der Waals surface area (Å²) in [7, 11) is -10.4. The van der Waals surface area contributed by atoms with Crippen LogP contribution in [0, 0.1) is 11.8 Å². The zero-order valence-electron chi connectivity index (χ0n) is 60.9. The molecule has 0 amide bonds. The van der Waals surface area contributed by atoms with E-state index < -0.39 is 84.3 Å². The van der Waals surface area contributed by atoms with E-state index in [1.807, 2.05) is 6.08 Å². The van der Waals surface area contributed by atoms with E-state index in [2.05, 4.69) is 189 Å². The predicted octanol–water partition coefficient (Wildman–Crippen LogP) is 17.2. The van der Waals surface area contributed by atoms with E-state index in [1.165, 1.54) is 0 Å². The van der Waals surface area contributed by atoms with Gasteiger partial charge in [-0.25, -0.2) is 0 Å². The van der Waals surface area contributed by atoms with Crippen molar-refractivity contribution in [3.63, 3.8) is 0 Å². The molecule has 13 nitrogen and oxygen atoms in total. The Balaban J connectivity index is 1.45. The maximum atomic E-state index is 15.4. The van der Waals surface area contributed by atoms with E-state index in [4.69, 9.17) is 50.6 Å². The normalized spacial score (nSPS) is 34.5. The molecular weight excluding hydrogens is 1190 g/mol. The zero-order chi connectivity index (χ0) is 66.5. The molecule has 0 N–H and O–H groups in total. The lowest BCUT2D eigenvalue weighted by Crippen LogP contribution is -2.69. The smallest absolute Gasteiger partial charge is 0.193 e. The van der Waals surface area contributed by atoms with Gasteiger partial charge in [0.2, 0.25) is 0 Å². The number of Topliss-reactive ketones (excluding diaryl/α,β-unsaturated/α-hetero) is 1. The van der Waals surface area contributed by atoms with Crippen LogP contribution in [0.5, 0.6) is 0 Å². The van der Waals surface area contributed by atoms with Crippen molar-refractivity contribution in [2.75, 3.05) is 13.7 Å². The first-order valence-corrected chi connectivity index (χ1v) is 48.8. The molecule has 0 aromatic carbocycles. The van der Waals surface area contributed by atoms with Crippen molar-refractivity contribution in [2.45, 2.75) is 370 Å². The number of carbonyl (C=O) groups is 2. The van der Waals surface area contributed by atoms with Crippen molar-refractivity contribution < 1.29 is 60.1 Å². The Morgan fingerprint density at radius 1 is 0.545 bits per heavy atom. The maximum Gasteiger partial charge on any atom is 0.193 e. The number of carbonyl (C=O) groups excluding carboxylic acids is 2. The number of allylic oxidation sites excluding steroid dienone is 1. The highest BCUT2D eigenvalue weighted by atomic mass is 28.4. The van der Waals surface area contributed by atoms with Crippen molar-refractivity contribution in [3.8, 4) is 0 Å². The molecule has 8 heterocycles. The van der Waals surface area contributed by atoms with Crippen molar-refractivity contribution in [3.05, 3.63) is 36.5 Å². The van der Waals surface area contributed by atoms with Crippen molar-refractivity contribution in [2.24, 2.45) is 11.8 Å². The molecule has 0 aliphatic carbocycles. The van der Waals surface area contributed by atoms with Crippen LogP contribution in [0.25, 0.3) is 0 Å². The Kier molecular flexibility index (Phi) is 24.7. The van der Waals surface area contributed by atoms with Crippen LogP contribution in [-0.4, -0.2) is 158 Å². The van der Waals surface area contributed by atoms with Crippen molar-refractivity contribution in [1.82, 2.24) is 0 Å². The lowest BCUT2D eigenvalue weighted by atomic mass is 9.81. The molecule has 0 aromatic heterocycles. The van der Waals surface area contributed by atoms with E-state index in [1.54, 1.807) is 13.2 Å². The Labute approximate surface area is 542 Å². The van der Waals surface area contributed by atoms with Gasteiger partial charge in [0.15, 0.2) is 47.4 Å². The molecule has 0 aromatic rings.